The maximum atomic E-state index is 6.27. The SMILES string of the molecule is C[Si]1(C)c2ccccc2C2(c3ccccc3-c3ccc(-c4ccc(-c5cc(-c6nc7ccccc7o6)cc(-c6nc7ccccc7o6)c5)cc4)cc32)c2ccccc21. The molecule has 2 aromatic heterocycles. The molecule has 0 saturated carbocycles. The Morgan fingerprint density at radius 1 is 0.379 bits per heavy atom. The summed E-state index contributed by atoms with van der Waals surface area (Å²) >= 11 is 0. The van der Waals surface area contributed by atoms with E-state index in [-0.39, 0.29) is 0 Å². The maximum Gasteiger partial charge on any atom is 0.227 e. The molecule has 0 fully saturated rings. The average molecular weight is 761 g/mol. The summed E-state index contributed by atoms with van der Waals surface area (Å²) in [4.78, 5) is 9.70. The van der Waals surface area contributed by atoms with Gasteiger partial charge in [0.1, 0.15) is 19.1 Å². The highest BCUT2D eigenvalue weighted by Crippen LogP contribution is 2.57. The third kappa shape index (κ3) is 4.68. The van der Waals surface area contributed by atoms with E-state index in [0.717, 1.165) is 44.5 Å². The van der Waals surface area contributed by atoms with Crippen molar-refractivity contribution >= 4 is 40.6 Å². The van der Waals surface area contributed by atoms with Gasteiger partial charge in [-0.3, -0.25) is 0 Å². The smallest absolute Gasteiger partial charge is 0.227 e. The Hall–Kier alpha value is -7.08. The van der Waals surface area contributed by atoms with Crippen molar-refractivity contribution in [1.82, 2.24) is 9.97 Å². The largest absolute Gasteiger partial charge is 0.436 e. The molecular weight excluding hydrogens is 725 g/mol. The normalized spacial score (nSPS) is 14.3. The first-order chi connectivity index (χ1) is 28.5. The fourth-order valence-electron chi connectivity index (χ4n) is 9.93. The van der Waals surface area contributed by atoms with Crippen molar-refractivity contribution in [2.45, 2.75) is 18.5 Å². The lowest BCUT2D eigenvalue weighted by atomic mass is 9.67. The zero-order valence-electron chi connectivity index (χ0n) is 32.0. The van der Waals surface area contributed by atoms with Crippen LogP contribution in [0.25, 0.3) is 78.5 Å². The Kier molecular flexibility index (Phi) is 6.97. The number of nitrogens with zero attached hydrogens (tertiary/aromatic N) is 2. The highest BCUT2D eigenvalue weighted by atomic mass is 28.3. The predicted molar refractivity (Wildman–Crippen MR) is 237 cm³/mol. The Labute approximate surface area is 337 Å². The first-order valence-electron chi connectivity index (χ1n) is 19.9. The third-order valence-corrected chi connectivity index (χ3v) is 16.2. The van der Waals surface area contributed by atoms with Crippen LogP contribution in [-0.4, -0.2) is 18.0 Å². The number of para-hydroxylation sites is 4. The molecule has 58 heavy (non-hydrogen) atoms. The minimum Gasteiger partial charge on any atom is -0.436 e. The van der Waals surface area contributed by atoms with Crippen LogP contribution >= 0.6 is 0 Å². The Morgan fingerprint density at radius 2 is 0.828 bits per heavy atom. The molecule has 1 spiro atoms. The monoisotopic (exact) mass is 760 g/mol. The summed E-state index contributed by atoms with van der Waals surface area (Å²) in [5, 5.41) is 3.03. The van der Waals surface area contributed by atoms with Crippen LogP contribution < -0.4 is 10.4 Å². The summed E-state index contributed by atoms with van der Waals surface area (Å²) in [6, 6.07) is 65.7. The number of oxazole rings is 2. The first kappa shape index (κ1) is 33.1. The number of fused-ring (bicyclic) bond motifs is 11. The zero-order chi connectivity index (χ0) is 38.6. The van der Waals surface area contributed by atoms with Crippen LogP contribution in [0.5, 0.6) is 0 Å². The van der Waals surface area contributed by atoms with Crippen LogP contribution in [0.4, 0.5) is 0 Å². The van der Waals surface area contributed by atoms with Crippen LogP contribution in [0.1, 0.15) is 22.3 Å². The third-order valence-electron chi connectivity index (χ3n) is 12.6. The van der Waals surface area contributed by atoms with E-state index in [1.165, 1.54) is 54.9 Å². The van der Waals surface area contributed by atoms with Crippen LogP contribution in [0.2, 0.25) is 13.1 Å². The quantitative estimate of drug-likeness (QED) is 0.168. The van der Waals surface area contributed by atoms with Crippen molar-refractivity contribution in [2.24, 2.45) is 0 Å². The Bertz CT molecular complexity index is 3070. The van der Waals surface area contributed by atoms with Gasteiger partial charge in [0, 0.05) is 11.1 Å². The van der Waals surface area contributed by atoms with Gasteiger partial charge in [-0.15, -0.1) is 0 Å². The molecule has 1 aliphatic carbocycles. The lowest BCUT2D eigenvalue weighted by Crippen LogP contribution is -2.63. The van der Waals surface area contributed by atoms with Gasteiger partial charge in [0.25, 0.3) is 0 Å². The minimum absolute atomic E-state index is 0.399. The van der Waals surface area contributed by atoms with Crippen molar-refractivity contribution in [2.75, 3.05) is 0 Å². The van der Waals surface area contributed by atoms with Crippen molar-refractivity contribution in [3.8, 4) is 56.3 Å². The van der Waals surface area contributed by atoms with Gasteiger partial charge in [-0.25, -0.2) is 9.97 Å². The molecule has 8 aromatic carbocycles. The van der Waals surface area contributed by atoms with Gasteiger partial charge in [0.2, 0.25) is 11.8 Å². The highest BCUT2D eigenvalue weighted by Gasteiger charge is 2.53. The molecule has 0 radical (unpaired) electrons. The summed E-state index contributed by atoms with van der Waals surface area (Å²) in [6.45, 7) is 5.02. The lowest BCUT2D eigenvalue weighted by Gasteiger charge is -2.46. The van der Waals surface area contributed by atoms with E-state index in [1.54, 1.807) is 0 Å². The summed E-state index contributed by atoms with van der Waals surface area (Å²) in [6.07, 6.45) is 0. The number of aromatic nitrogens is 2. The van der Waals surface area contributed by atoms with Crippen LogP contribution in [0.3, 0.4) is 0 Å². The first-order valence-corrected chi connectivity index (χ1v) is 22.9. The number of rotatable bonds is 4. The number of hydrogen-bond acceptors (Lipinski definition) is 4. The van der Waals surface area contributed by atoms with Gasteiger partial charge in [0.15, 0.2) is 11.2 Å². The Balaban J connectivity index is 0.999. The van der Waals surface area contributed by atoms with Crippen molar-refractivity contribution in [1.29, 1.82) is 0 Å². The van der Waals surface area contributed by atoms with Gasteiger partial charge < -0.3 is 8.83 Å². The highest BCUT2D eigenvalue weighted by molar-refractivity contribution is 7.01. The van der Waals surface area contributed by atoms with Crippen LogP contribution in [-0.2, 0) is 5.41 Å². The molecule has 0 atom stereocenters. The van der Waals surface area contributed by atoms with E-state index in [2.05, 4.69) is 147 Å². The molecule has 0 N–H and O–H groups in total. The van der Waals surface area contributed by atoms with Gasteiger partial charge in [-0.05, 0) is 115 Å². The number of benzene rings is 8. The van der Waals surface area contributed by atoms with E-state index in [4.69, 9.17) is 18.8 Å². The van der Waals surface area contributed by atoms with E-state index < -0.39 is 13.5 Å². The fraction of sp³-hybridized carbons (Fsp3) is 0.0566. The van der Waals surface area contributed by atoms with Crippen LogP contribution in [0.15, 0.2) is 191 Å². The van der Waals surface area contributed by atoms with Gasteiger partial charge in [-0.2, -0.15) is 0 Å². The van der Waals surface area contributed by atoms with Crippen molar-refractivity contribution in [3.05, 3.63) is 204 Å². The molecular formula is C53H36N2O2Si. The van der Waals surface area contributed by atoms with Gasteiger partial charge >= 0.3 is 0 Å². The lowest BCUT2D eigenvalue weighted by molar-refractivity contribution is 0.617. The van der Waals surface area contributed by atoms with Gasteiger partial charge in [-0.1, -0.05) is 147 Å². The zero-order valence-corrected chi connectivity index (χ0v) is 33.0. The standard InChI is InChI=1S/C53H36N2O2Si/c1-58(2)49-21-11-5-15-42(49)53(43-16-6-12-22-50(43)58)41-14-4-3-13-39(41)40-28-27-35(32-44(40)53)33-23-25-34(26-24-33)36-29-37(51-54-45-17-7-9-19-47(45)56-51)31-38(30-36)52-55-46-18-8-10-20-48(46)57-52/h3-32H,1-2H3. The van der Waals surface area contributed by atoms with Crippen molar-refractivity contribution in [3.63, 3.8) is 0 Å². The molecule has 0 saturated heterocycles. The molecule has 0 amide bonds. The summed E-state index contributed by atoms with van der Waals surface area (Å²) in [5.74, 6) is 1.11. The van der Waals surface area contributed by atoms with E-state index in [9.17, 15) is 0 Å². The van der Waals surface area contributed by atoms with E-state index in [1.807, 2.05) is 48.5 Å². The second kappa shape index (κ2) is 12.2. The summed E-state index contributed by atoms with van der Waals surface area (Å²) in [7, 11) is -1.97. The molecule has 5 heteroatoms. The second-order valence-corrected chi connectivity index (χ2v) is 20.4. The second-order valence-electron chi connectivity index (χ2n) is 16.1. The summed E-state index contributed by atoms with van der Waals surface area (Å²) in [5.41, 5.74) is 17.1. The minimum atomic E-state index is -1.97. The van der Waals surface area contributed by atoms with Gasteiger partial charge in [0.05, 0.1) is 5.41 Å². The predicted octanol–water partition coefficient (Wildman–Crippen LogP) is 12.1. The molecule has 0 unspecified atom stereocenters. The molecule has 274 valence electrons. The molecule has 1 aliphatic heterocycles. The molecule has 2 aliphatic rings. The summed E-state index contributed by atoms with van der Waals surface area (Å²) < 4.78 is 12.5. The topological polar surface area (TPSA) is 52.1 Å². The maximum absolute atomic E-state index is 6.27. The molecule has 4 nitrogen and oxygen atoms in total. The molecule has 0 bridgehead atoms. The van der Waals surface area contributed by atoms with E-state index in [0.29, 0.717) is 11.8 Å². The molecule has 3 heterocycles. The fourth-order valence-corrected chi connectivity index (χ4v) is 13.1. The molecule has 10 aromatic rings. The number of hydrogen-bond donors (Lipinski definition) is 0. The molecule has 12 rings (SSSR count). The van der Waals surface area contributed by atoms with Crippen LogP contribution in [0, 0.1) is 0 Å². The van der Waals surface area contributed by atoms with Crippen molar-refractivity contribution < 1.29 is 8.83 Å². The van der Waals surface area contributed by atoms with E-state index >= 15 is 0 Å². The average Bonchev–Trinajstić information content (AvgIpc) is 3.99. The Morgan fingerprint density at radius 3 is 1.41 bits per heavy atom.